The van der Waals surface area contributed by atoms with Crippen molar-refractivity contribution >= 4 is 23.6 Å². The Morgan fingerprint density at radius 1 is 1.06 bits per heavy atom. The average molecular weight is 443 g/mol. The van der Waals surface area contributed by atoms with Crippen LogP contribution in [0.1, 0.15) is 41.7 Å². The third kappa shape index (κ3) is 6.24. The van der Waals surface area contributed by atoms with Crippen molar-refractivity contribution in [2.24, 2.45) is 0 Å². The number of benzene rings is 2. The molecule has 3 rings (SSSR count). The third-order valence-corrected chi connectivity index (χ3v) is 6.52. The second-order valence-corrected chi connectivity index (χ2v) is 8.82. The van der Waals surface area contributed by atoms with Gasteiger partial charge in [0.25, 0.3) is 0 Å². The SMILES string of the molecule is COC(=O)c1ccc(C(C)NC(=O)C2(NCCOc3ccccc3)CCSCC2)cc1. The summed E-state index contributed by atoms with van der Waals surface area (Å²) in [5.74, 6) is 2.36. The van der Waals surface area contributed by atoms with Gasteiger partial charge in [-0.1, -0.05) is 30.3 Å². The maximum atomic E-state index is 13.3. The number of carbonyl (C=O) groups excluding carboxylic acids is 2. The van der Waals surface area contributed by atoms with E-state index >= 15 is 0 Å². The van der Waals surface area contributed by atoms with Gasteiger partial charge >= 0.3 is 5.97 Å². The number of esters is 1. The maximum Gasteiger partial charge on any atom is 0.337 e. The Hall–Kier alpha value is -2.51. The molecule has 2 aromatic carbocycles. The molecule has 1 fully saturated rings. The third-order valence-electron chi connectivity index (χ3n) is 5.54. The van der Waals surface area contributed by atoms with E-state index in [0.29, 0.717) is 18.7 Å². The Labute approximate surface area is 188 Å². The quantitative estimate of drug-likeness (QED) is 0.457. The van der Waals surface area contributed by atoms with Crippen LogP contribution in [0.4, 0.5) is 0 Å². The first-order valence-corrected chi connectivity index (χ1v) is 11.7. The number of carbonyl (C=O) groups is 2. The second kappa shape index (κ2) is 11.2. The van der Waals surface area contributed by atoms with Gasteiger partial charge in [0, 0.05) is 6.54 Å². The zero-order chi connectivity index (χ0) is 22.1. The van der Waals surface area contributed by atoms with Crippen LogP contribution in [0.5, 0.6) is 5.75 Å². The Morgan fingerprint density at radius 2 is 1.74 bits per heavy atom. The molecule has 0 radical (unpaired) electrons. The number of nitrogens with one attached hydrogen (secondary N) is 2. The minimum absolute atomic E-state index is 0.0112. The van der Waals surface area contributed by atoms with E-state index in [1.165, 1.54) is 7.11 Å². The lowest BCUT2D eigenvalue weighted by atomic mass is 9.90. The number of hydrogen-bond donors (Lipinski definition) is 2. The fourth-order valence-electron chi connectivity index (χ4n) is 3.62. The molecule has 2 aromatic rings. The summed E-state index contributed by atoms with van der Waals surface area (Å²) < 4.78 is 10.5. The molecule has 1 unspecified atom stereocenters. The summed E-state index contributed by atoms with van der Waals surface area (Å²) in [5, 5.41) is 6.64. The summed E-state index contributed by atoms with van der Waals surface area (Å²) in [4.78, 5) is 24.9. The maximum absolute atomic E-state index is 13.3. The Balaban J connectivity index is 1.58. The first-order valence-electron chi connectivity index (χ1n) is 10.5. The summed E-state index contributed by atoms with van der Waals surface area (Å²) in [6, 6.07) is 16.6. The van der Waals surface area contributed by atoms with Gasteiger partial charge in [-0.05, 0) is 61.1 Å². The molecule has 0 aliphatic carbocycles. The zero-order valence-corrected chi connectivity index (χ0v) is 18.9. The van der Waals surface area contributed by atoms with E-state index in [1.54, 1.807) is 12.1 Å². The fraction of sp³-hybridized carbons (Fsp3) is 0.417. The van der Waals surface area contributed by atoms with Crippen molar-refractivity contribution in [3.8, 4) is 5.75 Å². The number of rotatable bonds is 9. The molecule has 6 nitrogen and oxygen atoms in total. The van der Waals surface area contributed by atoms with Crippen LogP contribution < -0.4 is 15.4 Å². The number of methoxy groups -OCH3 is 1. The molecule has 1 aliphatic heterocycles. The smallest absolute Gasteiger partial charge is 0.337 e. The molecule has 2 N–H and O–H groups in total. The van der Waals surface area contributed by atoms with Crippen molar-refractivity contribution in [3.05, 3.63) is 65.7 Å². The molecule has 1 aliphatic rings. The average Bonchev–Trinajstić information content (AvgIpc) is 2.82. The van der Waals surface area contributed by atoms with Gasteiger partial charge < -0.3 is 14.8 Å². The van der Waals surface area contributed by atoms with Crippen molar-refractivity contribution in [1.82, 2.24) is 10.6 Å². The molecule has 0 spiro atoms. The van der Waals surface area contributed by atoms with Crippen molar-refractivity contribution in [1.29, 1.82) is 0 Å². The van der Waals surface area contributed by atoms with Gasteiger partial charge in [-0.25, -0.2) is 4.79 Å². The lowest BCUT2D eigenvalue weighted by Gasteiger charge is -2.37. The second-order valence-electron chi connectivity index (χ2n) is 7.59. The lowest BCUT2D eigenvalue weighted by Crippen LogP contribution is -2.59. The normalized spacial score (nSPS) is 16.2. The highest BCUT2D eigenvalue weighted by Crippen LogP contribution is 2.28. The number of hydrogen-bond acceptors (Lipinski definition) is 6. The highest BCUT2D eigenvalue weighted by atomic mass is 32.2. The molecule has 1 heterocycles. The topological polar surface area (TPSA) is 76.7 Å². The first-order chi connectivity index (χ1) is 15.0. The number of thioether (sulfide) groups is 1. The standard InChI is InChI=1S/C24H30N2O4S/c1-18(19-8-10-20(11-9-19)22(27)29-2)26-23(28)24(12-16-31-17-13-24)25-14-15-30-21-6-4-3-5-7-21/h3-11,18,25H,12-17H2,1-2H3,(H,26,28). The van der Waals surface area contributed by atoms with Gasteiger partial charge in [0.15, 0.2) is 0 Å². The summed E-state index contributed by atoms with van der Waals surface area (Å²) in [6.07, 6.45) is 1.56. The lowest BCUT2D eigenvalue weighted by molar-refractivity contribution is -0.128. The van der Waals surface area contributed by atoms with E-state index < -0.39 is 5.54 Å². The number of ether oxygens (including phenoxy) is 2. The van der Waals surface area contributed by atoms with Gasteiger partial charge in [-0.3, -0.25) is 10.1 Å². The van der Waals surface area contributed by atoms with Gasteiger partial charge in [0.05, 0.1) is 24.3 Å². The highest BCUT2D eigenvalue weighted by molar-refractivity contribution is 7.99. The molecule has 0 saturated carbocycles. The van der Waals surface area contributed by atoms with Crippen LogP contribution in [0.15, 0.2) is 54.6 Å². The molecule has 31 heavy (non-hydrogen) atoms. The van der Waals surface area contributed by atoms with Crippen molar-refractivity contribution < 1.29 is 19.1 Å². The summed E-state index contributed by atoms with van der Waals surface area (Å²) in [5.41, 5.74) is 0.838. The zero-order valence-electron chi connectivity index (χ0n) is 18.1. The molecule has 1 saturated heterocycles. The molecule has 7 heteroatoms. The van der Waals surface area contributed by atoms with Crippen LogP contribution in [0, 0.1) is 0 Å². The van der Waals surface area contributed by atoms with Gasteiger partial charge in [0.1, 0.15) is 12.4 Å². The molecule has 1 amide bonds. The molecule has 1 atom stereocenters. The Kier molecular flexibility index (Phi) is 8.37. The molecule has 0 bridgehead atoms. The molecular formula is C24H30N2O4S. The fourth-order valence-corrected chi connectivity index (χ4v) is 4.81. The molecular weight excluding hydrogens is 412 g/mol. The predicted octanol–water partition coefficient (Wildman–Crippen LogP) is 3.58. The van der Waals surface area contributed by atoms with Crippen LogP contribution in [0.3, 0.4) is 0 Å². The van der Waals surface area contributed by atoms with Crippen molar-refractivity contribution in [2.45, 2.75) is 31.3 Å². The van der Waals surface area contributed by atoms with Gasteiger partial charge in [-0.2, -0.15) is 11.8 Å². The van der Waals surface area contributed by atoms with E-state index in [0.717, 1.165) is 35.7 Å². The predicted molar refractivity (Wildman–Crippen MR) is 124 cm³/mol. The van der Waals surface area contributed by atoms with E-state index in [1.807, 2.05) is 61.2 Å². The largest absolute Gasteiger partial charge is 0.492 e. The van der Waals surface area contributed by atoms with Crippen molar-refractivity contribution in [2.75, 3.05) is 31.8 Å². The van der Waals surface area contributed by atoms with E-state index in [2.05, 4.69) is 10.6 Å². The van der Waals surface area contributed by atoms with Crippen molar-refractivity contribution in [3.63, 3.8) is 0 Å². The van der Waals surface area contributed by atoms with Gasteiger partial charge in [-0.15, -0.1) is 0 Å². The van der Waals surface area contributed by atoms with Crippen LogP contribution >= 0.6 is 11.8 Å². The monoisotopic (exact) mass is 442 g/mol. The first kappa shape index (κ1) is 23.2. The highest BCUT2D eigenvalue weighted by Gasteiger charge is 2.39. The molecule has 166 valence electrons. The van der Waals surface area contributed by atoms with E-state index in [4.69, 9.17) is 9.47 Å². The minimum Gasteiger partial charge on any atom is -0.492 e. The Morgan fingerprint density at radius 3 is 2.39 bits per heavy atom. The number of amides is 1. The summed E-state index contributed by atoms with van der Waals surface area (Å²) >= 11 is 1.88. The van der Waals surface area contributed by atoms with Crippen LogP contribution in [0.2, 0.25) is 0 Å². The molecule has 0 aromatic heterocycles. The van der Waals surface area contributed by atoms with Gasteiger partial charge in [0.2, 0.25) is 5.91 Å². The summed E-state index contributed by atoms with van der Waals surface area (Å²) in [7, 11) is 1.36. The van der Waals surface area contributed by atoms with Crippen LogP contribution in [-0.4, -0.2) is 49.2 Å². The Bertz CT molecular complexity index is 852. The van der Waals surface area contributed by atoms with Crippen LogP contribution in [-0.2, 0) is 9.53 Å². The number of para-hydroxylation sites is 1. The van der Waals surface area contributed by atoms with E-state index in [-0.39, 0.29) is 17.9 Å². The van der Waals surface area contributed by atoms with Crippen LogP contribution in [0.25, 0.3) is 0 Å². The minimum atomic E-state index is -0.592. The summed E-state index contributed by atoms with van der Waals surface area (Å²) in [6.45, 7) is 3.04. The van der Waals surface area contributed by atoms with E-state index in [9.17, 15) is 9.59 Å².